The van der Waals surface area contributed by atoms with Gasteiger partial charge in [-0.25, -0.2) is 4.39 Å². The number of halogens is 7. The highest BCUT2D eigenvalue weighted by molar-refractivity contribution is 9.38. The minimum Gasteiger partial charge on any atom is -0.207 e. The van der Waals surface area contributed by atoms with Gasteiger partial charge >= 0.3 is 6.18 Å². The molecule has 1 rings (SSSR count). The van der Waals surface area contributed by atoms with Crippen LogP contribution in [0.3, 0.4) is 0 Å². The Labute approximate surface area is 108 Å². The molecule has 0 saturated heterocycles. The normalized spacial score (nSPS) is 13.0. The van der Waals surface area contributed by atoms with Crippen molar-refractivity contribution in [2.45, 2.75) is 8.32 Å². The minimum absolute atomic E-state index is 0.0924. The van der Waals surface area contributed by atoms with Gasteiger partial charge in [-0.3, -0.25) is 0 Å². The Morgan fingerprint density at radius 2 is 1.33 bits per heavy atom. The second-order valence-electron chi connectivity index (χ2n) is 2.72. The molecule has 0 amide bonds. The maximum atomic E-state index is 12.9. The zero-order valence-corrected chi connectivity index (χ0v) is 11.6. The highest BCUT2D eigenvalue weighted by Crippen LogP contribution is 2.45. The van der Waals surface area contributed by atoms with Crippen LogP contribution < -0.4 is 0 Å². The summed E-state index contributed by atoms with van der Waals surface area (Å²) in [5.74, 6) is -0.942. The molecule has 0 bridgehead atoms. The molecule has 0 nitrogen and oxygen atoms in total. The molecule has 0 aliphatic heterocycles. The lowest BCUT2D eigenvalue weighted by atomic mass is 10.1. The van der Waals surface area contributed by atoms with Crippen LogP contribution in [-0.2, 0) is 8.32 Å². The van der Waals surface area contributed by atoms with E-state index >= 15 is 0 Å². The van der Waals surface area contributed by atoms with Crippen LogP contribution in [0.4, 0.5) is 17.6 Å². The third-order valence-corrected chi connectivity index (χ3v) is 2.93. The smallest absolute Gasteiger partial charge is 0.207 e. The van der Waals surface area contributed by atoms with Crippen LogP contribution in [0.15, 0.2) is 18.2 Å². The molecule has 0 spiro atoms. The van der Waals surface area contributed by atoms with E-state index in [0.29, 0.717) is 6.07 Å². The van der Waals surface area contributed by atoms with Crippen LogP contribution in [0.5, 0.6) is 0 Å². The summed E-state index contributed by atoms with van der Waals surface area (Å²) in [6.45, 7) is 0. The Bertz CT molecular complexity index is 335. The summed E-state index contributed by atoms with van der Waals surface area (Å²) in [7, 11) is 0. The molecule has 0 atom stereocenters. The fourth-order valence-electron chi connectivity index (χ4n) is 0.917. The van der Waals surface area contributed by atoms with Gasteiger partial charge in [-0.15, -0.1) is 0 Å². The molecule has 84 valence electrons. The molecular formula is C8H3Br3F4. The standard InChI is InChI=1S/C8H3Br3F4/c9-7(10,11)4-1-5(8(13,14)15)3-6(12)2-4/h1-3H. The van der Waals surface area contributed by atoms with E-state index in [2.05, 4.69) is 47.8 Å². The van der Waals surface area contributed by atoms with Gasteiger partial charge in [0.25, 0.3) is 0 Å². The molecule has 1 aromatic carbocycles. The molecule has 7 heteroatoms. The van der Waals surface area contributed by atoms with Crippen LogP contribution in [-0.4, -0.2) is 0 Å². The fraction of sp³-hybridized carbons (Fsp3) is 0.250. The van der Waals surface area contributed by atoms with Gasteiger partial charge in [-0.05, 0) is 23.8 Å². The van der Waals surface area contributed by atoms with E-state index in [0.717, 1.165) is 12.1 Å². The molecule has 0 heterocycles. The number of alkyl halides is 6. The maximum absolute atomic E-state index is 12.9. The molecule has 15 heavy (non-hydrogen) atoms. The summed E-state index contributed by atoms with van der Waals surface area (Å²) in [5.41, 5.74) is -0.935. The van der Waals surface area contributed by atoms with Gasteiger partial charge in [-0.1, -0.05) is 47.8 Å². The van der Waals surface area contributed by atoms with E-state index < -0.39 is 19.7 Å². The zero-order chi connectivity index (χ0) is 11.9. The lowest BCUT2D eigenvalue weighted by molar-refractivity contribution is -0.137. The van der Waals surface area contributed by atoms with Crippen molar-refractivity contribution in [2.24, 2.45) is 0 Å². The molecule has 0 unspecified atom stereocenters. The topological polar surface area (TPSA) is 0 Å². The summed E-state index contributed by atoms with van der Waals surface area (Å²) in [6, 6.07) is 2.29. The van der Waals surface area contributed by atoms with Crippen molar-refractivity contribution in [3.8, 4) is 0 Å². The molecule has 0 aliphatic rings. The highest BCUT2D eigenvalue weighted by atomic mass is 80.0. The van der Waals surface area contributed by atoms with Gasteiger partial charge < -0.3 is 0 Å². The van der Waals surface area contributed by atoms with Gasteiger partial charge in [0, 0.05) is 0 Å². The van der Waals surface area contributed by atoms with E-state index in [1.807, 2.05) is 0 Å². The van der Waals surface area contributed by atoms with Crippen molar-refractivity contribution < 1.29 is 17.6 Å². The molecule has 0 radical (unpaired) electrons. The molecule has 0 N–H and O–H groups in total. The monoisotopic (exact) mass is 412 g/mol. The van der Waals surface area contributed by atoms with Crippen LogP contribution in [0.25, 0.3) is 0 Å². The first-order valence-corrected chi connectivity index (χ1v) is 5.93. The number of hydrogen-bond donors (Lipinski definition) is 0. The number of benzene rings is 1. The average Bonchev–Trinajstić information content (AvgIpc) is 1.99. The molecule has 0 fully saturated rings. The molecule has 0 saturated carbocycles. The second kappa shape index (κ2) is 4.33. The van der Waals surface area contributed by atoms with Gasteiger partial charge in [-0.2, -0.15) is 13.2 Å². The summed E-state index contributed by atoms with van der Waals surface area (Å²) in [6.07, 6.45) is -4.56. The lowest BCUT2D eigenvalue weighted by Crippen LogP contribution is -2.08. The van der Waals surface area contributed by atoms with Crippen molar-refractivity contribution in [3.63, 3.8) is 0 Å². The highest BCUT2D eigenvalue weighted by Gasteiger charge is 2.33. The minimum atomic E-state index is -4.56. The summed E-state index contributed by atoms with van der Waals surface area (Å²) in [4.78, 5) is 0. The van der Waals surface area contributed by atoms with E-state index in [4.69, 9.17) is 0 Å². The van der Waals surface area contributed by atoms with Crippen LogP contribution >= 0.6 is 47.8 Å². The molecule has 0 aliphatic carbocycles. The summed E-state index contributed by atoms with van der Waals surface area (Å²) in [5, 5.41) is 0. The maximum Gasteiger partial charge on any atom is 0.416 e. The van der Waals surface area contributed by atoms with E-state index in [9.17, 15) is 17.6 Å². The predicted molar refractivity (Wildman–Crippen MR) is 59.9 cm³/mol. The Morgan fingerprint density at radius 3 is 1.73 bits per heavy atom. The average molecular weight is 415 g/mol. The predicted octanol–water partition coefficient (Wildman–Crippen LogP) is 5.14. The largest absolute Gasteiger partial charge is 0.416 e. The van der Waals surface area contributed by atoms with Gasteiger partial charge in [0.2, 0.25) is 0 Å². The number of rotatable bonds is 0. The van der Waals surface area contributed by atoms with Gasteiger partial charge in [0.05, 0.1) is 5.56 Å². The van der Waals surface area contributed by atoms with E-state index in [1.54, 1.807) is 0 Å². The molecule has 1 aromatic rings. The van der Waals surface area contributed by atoms with Crippen molar-refractivity contribution in [2.75, 3.05) is 0 Å². The SMILES string of the molecule is Fc1cc(C(F)(F)F)cc(C(Br)(Br)Br)c1. The van der Waals surface area contributed by atoms with Crippen molar-refractivity contribution in [3.05, 3.63) is 35.1 Å². The Hall–Kier alpha value is 0.380. The van der Waals surface area contributed by atoms with Crippen molar-refractivity contribution >= 4 is 47.8 Å². The van der Waals surface area contributed by atoms with Gasteiger partial charge in [0.1, 0.15) is 5.82 Å². The second-order valence-corrected chi connectivity index (χ2v) is 9.49. The fourth-order valence-corrected chi connectivity index (χ4v) is 1.60. The summed E-state index contributed by atoms with van der Waals surface area (Å²) >= 11 is 9.06. The quantitative estimate of drug-likeness (QED) is 0.407. The molecule has 0 aromatic heterocycles. The first-order valence-electron chi connectivity index (χ1n) is 3.55. The van der Waals surface area contributed by atoms with E-state index in [-0.39, 0.29) is 5.56 Å². The van der Waals surface area contributed by atoms with Crippen LogP contribution in [0.1, 0.15) is 11.1 Å². The third kappa shape index (κ3) is 3.71. The van der Waals surface area contributed by atoms with Crippen LogP contribution in [0, 0.1) is 5.82 Å². The Balaban J connectivity index is 3.30. The third-order valence-electron chi connectivity index (χ3n) is 1.55. The molecular weight excluding hydrogens is 412 g/mol. The Morgan fingerprint density at radius 1 is 0.867 bits per heavy atom. The van der Waals surface area contributed by atoms with Gasteiger partial charge in [0.15, 0.2) is 2.14 Å². The first-order chi connectivity index (χ1) is 6.60. The van der Waals surface area contributed by atoms with E-state index in [1.165, 1.54) is 0 Å². The summed E-state index contributed by atoms with van der Waals surface area (Å²) < 4.78 is 48.8. The lowest BCUT2D eigenvalue weighted by Gasteiger charge is -2.15. The van der Waals surface area contributed by atoms with Crippen LogP contribution in [0.2, 0.25) is 0 Å². The van der Waals surface area contributed by atoms with Crippen molar-refractivity contribution in [1.82, 2.24) is 0 Å². The first kappa shape index (κ1) is 13.4. The number of hydrogen-bond acceptors (Lipinski definition) is 0. The Kier molecular flexibility index (Phi) is 3.88. The van der Waals surface area contributed by atoms with Crippen molar-refractivity contribution in [1.29, 1.82) is 0 Å². The zero-order valence-electron chi connectivity index (χ0n) is 6.88.